The van der Waals surface area contributed by atoms with Gasteiger partial charge >= 0.3 is 0 Å². The average Bonchev–Trinajstić information content (AvgIpc) is 2.42. The van der Waals surface area contributed by atoms with Crippen LogP contribution in [-0.4, -0.2) is 7.05 Å². The van der Waals surface area contributed by atoms with Crippen LogP contribution in [0.3, 0.4) is 0 Å². The summed E-state index contributed by atoms with van der Waals surface area (Å²) in [5.41, 5.74) is 1.61. The van der Waals surface area contributed by atoms with E-state index in [0.29, 0.717) is 11.0 Å². The molecule has 0 aliphatic carbocycles. The normalized spacial score (nSPS) is 10.6. The minimum absolute atomic E-state index is 0.182. The second-order valence-corrected chi connectivity index (χ2v) is 5.19. The van der Waals surface area contributed by atoms with E-state index in [0.717, 1.165) is 11.1 Å². The van der Waals surface area contributed by atoms with Crippen LogP contribution in [0.2, 0.25) is 0 Å². The topological polar surface area (TPSA) is 21.3 Å². The van der Waals surface area contributed by atoms with Crippen LogP contribution in [0.25, 0.3) is 0 Å². The minimum atomic E-state index is -0.404. The van der Waals surface area contributed by atoms with Gasteiger partial charge in [0, 0.05) is 6.54 Å². The Balaban J connectivity index is 2.05. The molecular weight excluding hydrogens is 328 g/mol. The van der Waals surface area contributed by atoms with Gasteiger partial charge in [0.2, 0.25) is 0 Å². The molecule has 5 heteroatoms. The SMILES string of the molecule is CNCc1ccc(OCc2ccc(F)c(Br)c2)c(F)c1. The number of hydrogen-bond acceptors (Lipinski definition) is 2. The van der Waals surface area contributed by atoms with Crippen LogP contribution in [0, 0.1) is 11.6 Å². The lowest BCUT2D eigenvalue weighted by molar-refractivity contribution is 0.290. The van der Waals surface area contributed by atoms with E-state index in [1.807, 2.05) is 0 Å². The lowest BCUT2D eigenvalue weighted by Crippen LogP contribution is -2.05. The minimum Gasteiger partial charge on any atom is -0.486 e. The van der Waals surface area contributed by atoms with Crippen LogP contribution in [0.5, 0.6) is 5.75 Å². The molecule has 0 spiro atoms. The summed E-state index contributed by atoms with van der Waals surface area (Å²) in [5.74, 6) is -0.555. The first kappa shape index (κ1) is 14.9. The number of ether oxygens (including phenoxy) is 1. The molecule has 0 aromatic heterocycles. The molecule has 0 aliphatic heterocycles. The maximum atomic E-state index is 13.8. The number of nitrogens with one attached hydrogen (secondary N) is 1. The fourth-order valence-corrected chi connectivity index (χ4v) is 2.19. The van der Waals surface area contributed by atoms with Gasteiger partial charge in [-0.25, -0.2) is 8.78 Å². The summed E-state index contributed by atoms with van der Waals surface area (Å²) >= 11 is 3.10. The van der Waals surface area contributed by atoms with Gasteiger partial charge in [-0.3, -0.25) is 0 Å². The maximum Gasteiger partial charge on any atom is 0.165 e. The number of halogens is 3. The van der Waals surface area contributed by atoms with Crippen molar-refractivity contribution >= 4 is 15.9 Å². The Morgan fingerprint density at radius 3 is 2.45 bits per heavy atom. The summed E-state index contributed by atoms with van der Waals surface area (Å²) in [6.07, 6.45) is 0. The highest BCUT2D eigenvalue weighted by Gasteiger charge is 2.06. The zero-order valence-electron chi connectivity index (χ0n) is 10.9. The van der Waals surface area contributed by atoms with Crippen molar-refractivity contribution in [1.82, 2.24) is 5.32 Å². The first-order valence-electron chi connectivity index (χ1n) is 6.10. The second kappa shape index (κ2) is 6.81. The molecule has 2 rings (SSSR count). The van der Waals surface area contributed by atoms with Gasteiger partial charge in [0.15, 0.2) is 11.6 Å². The molecule has 0 radical (unpaired) electrons. The van der Waals surface area contributed by atoms with E-state index in [1.165, 1.54) is 12.1 Å². The van der Waals surface area contributed by atoms with E-state index in [1.54, 1.807) is 31.3 Å². The van der Waals surface area contributed by atoms with E-state index in [2.05, 4.69) is 21.2 Å². The van der Waals surface area contributed by atoms with Gasteiger partial charge in [0.25, 0.3) is 0 Å². The summed E-state index contributed by atoms with van der Waals surface area (Å²) < 4.78 is 32.7. The van der Waals surface area contributed by atoms with Crippen molar-refractivity contribution in [2.75, 3.05) is 7.05 Å². The van der Waals surface area contributed by atoms with E-state index in [9.17, 15) is 8.78 Å². The molecule has 0 unspecified atom stereocenters. The predicted molar refractivity (Wildman–Crippen MR) is 77.6 cm³/mol. The Morgan fingerprint density at radius 1 is 1.05 bits per heavy atom. The quantitative estimate of drug-likeness (QED) is 0.886. The monoisotopic (exact) mass is 341 g/mol. The molecule has 0 heterocycles. The first-order chi connectivity index (χ1) is 9.60. The molecule has 2 aromatic carbocycles. The Labute approximate surface area is 124 Å². The van der Waals surface area contributed by atoms with E-state index < -0.39 is 5.82 Å². The van der Waals surface area contributed by atoms with Crippen LogP contribution in [0.4, 0.5) is 8.78 Å². The molecule has 0 fully saturated rings. The standard InChI is InChI=1S/C15H14BrF2NO/c1-19-8-10-3-5-15(14(18)7-10)20-9-11-2-4-13(17)12(16)6-11/h2-7,19H,8-9H2,1H3. The van der Waals surface area contributed by atoms with Crippen LogP contribution >= 0.6 is 15.9 Å². The van der Waals surface area contributed by atoms with Gasteiger partial charge in [-0.05, 0) is 58.4 Å². The molecule has 106 valence electrons. The number of benzene rings is 2. The zero-order valence-corrected chi connectivity index (χ0v) is 12.5. The summed E-state index contributed by atoms with van der Waals surface area (Å²) in [6, 6.07) is 9.40. The average molecular weight is 342 g/mol. The molecule has 0 amide bonds. The third-order valence-electron chi connectivity index (χ3n) is 2.76. The molecule has 0 saturated heterocycles. The van der Waals surface area contributed by atoms with Crippen molar-refractivity contribution in [1.29, 1.82) is 0 Å². The lowest BCUT2D eigenvalue weighted by atomic mass is 10.2. The van der Waals surface area contributed by atoms with Crippen molar-refractivity contribution in [3.8, 4) is 5.75 Å². The van der Waals surface area contributed by atoms with Crippen LogP contribution in [0.1, 0.15) is 11.1 Å². The lowest BCUT2D eigenvalue weighted by Gasteiger charge is -2.09. The molecular formula is C15H14BrF2NO. The van der Waals surface area contributed by atoms with Gasteiger partial charge in [-0.2, -0.15) is 0 Å². The van der Waals surface area contributed by atoms with Crippen molar-refractivity contribution in [3.05, 3.63) is 63.6 Å². The van der Waals surface area contributed by atoms with Gasteiger partial charge in [0.05, 0.1) is 4.47 Å². The maximum absolute atomic E-state index is 13.8. The molecule has 0 saturated carbocycles. The summed E-state index contributed by atoms with van der Waals surface area (Å²) in [4.78, 5) is 0. The van der Waals surface area contributed by atoms with E-state index in [4.69, 9.17) is 4.74 Å². The highest BCUT2D eigenvalue weighted by atomic mass is 79.9. The Kier molecular flexibility index (Phi) is 5.09. The predicted octanol–water partition coefficient (Wildman–Crippen LogP) is 4.03. The van der Waals surface area contributed by atoms with Gasteiger partial charge < -0.3 is 10.1 Å². The highest BCUT2D eigenvalue weighted by Crippen LogP contribution is 2.21. The molecule has 2 nitrogen and oxygen atoms in total. The van der Waals surface area contributed by atoms with Gasteiger partial charge in [0.1, 0.15) is 12.4 Å². The van der Waals surface area contributed by atoms with Crippen molar-refractivity contribution in [2.24, 2.45) is 0 Å². The Morgan fingerprint density at radius 2 is 1.80 bits per heavy atom. The third-order valence-corrected chi connectivity index (χ3v) is 3.36. The van der Waals surface area contributed by atoms with Crippen molar-refractivity contribution < 1.29 is 13.5 Å². The van der Waals surface area contributed by atoms with Crippen LogP contribution in [-0.2, 0) is 13.2 Å². The molecule has 0 atom stereocenters. The Hall–Kier alpha value is -1.46. The van der Waals surface area contributed by atoms with Gasteiger partial charge in [-0.15, -0.1) is 0 Å². The van der Waals surface area contributed by atoms with Crippen LogP contribution in [0.15, 0.2) is 40.9 Å². The second-order valence-electron chi connectivity index (χ2n) is 4.33. The number of rotatable bonds is 5. The highest BCUT2D eigenvalue weighted by molar-refractivity contribution is 9.10. The molecule has 0 bridgehead atoms. The zero-order chi connectivity index (χ0) is 14.5. The molecule has 2 aromatic rings. The fraction of sp³-hybridized carbons (Fsp3) is 0.200. The molecule has 20 heavy (non-hydrogen) atoms. The number of hydrogen-bond donors (Lipinski definition) is 1. The summed E-state index contributed by atoms with van der Waals surface area (Å²) in [6.45, 7) is 0.781. The van der Waals surface area contributed by atoms with E-state index >= 15 is 0 Å². The first-order valence-corrected chi connectivity index (χ1v) is 6.89. The summed E-state index contributed by atoms with van der Waals surface area (Å²) in [7, 11) is 1.80. The smallest absolute Gasteiger partial charge is 0.165 e. The molecule has 0 aliphatic rings. The molecule has 1 N–H and O–H groups in total. The van der Waals surface area contributed by atoms with E-state index in [-0.39, 0.29) is 18.2 Å². The Bertz CT molecular complexity index is 604. The van der Waals surface area contributed by atoms with Crippen LogP contribution < -0.4 is 10.1 Å². The van der Waals surface area contributed by atoms with Crippen molar-refractivity contribution in [2.45, 2.75) is 13.2 Å². The largest absolute Gasteiger partial charge is 0.486 e. The third kappa shape index (κ3) is 3.77. The van der Waals surface area contributed by atoms with Crippen molar-refractivity contribution in [3.63, 3.8) is 0 Å². The fourth-order valence-electron chi connectivity index (χ4n) is 1.77. The van der Waals surface area contributed by atoms with Gasteiger partial charge in [-0.1, -0.05) is 12.1 Å². The summed E-state index contributed by atoms with van der Waals surface area (Å²) in [5, 5.41) is 2.95.